The molecule has 0 aliphatic carbocycles. The Hall–Kier alpha value is -2.64. The van der Waals surface area contributed by atoms with E-state index in [4.69, 9.17) is 0 Å². The molecule has 0 saturated heterocycles. The second-order valence-electron chi connectivity index (χ2n) is 6.58. The minimum absolute atomic E-state index is 0.0684. The lowest BCUT2D eigenvalue weighted by molar-refractivity contribution is -0.120. The number of benzene rings is 2. The van der Waals surface area contributed by atoms with Crippen LogP contribution >= 0.6 is 11.3 Å². The number of rotatable bonds is 8. The topological polar surface area (TPSA) is 75.3 Å². The molecule has 0 aliphatic heterocycles. The van der Waals surface area contributed by atoms with Crippen LogP contribution in [0.3, 0.4) is 0 Å². The largest absolute Gasteiger partial charge is 0.351 e. The minimum Gasteiger partial charge on any atom is -0.351 e. The van der Waals surface area contributed by atoms with Crippen LogP contribution < -0.4 is 10.0 Å². The lowest BCUT2D eigenvalue weighted by Crippen LogP contribution is -2.24. The maximum atomic E-state index is 12.3. The molecule has 0 unspecified atom stereocenters. The van der Waals surface area contributed by atoms with Crippen molar-refractivity contribution in [2.75, 3.05) is 4.72 Å². The Balaban J connectivity index is 1.53. The van der Waals surface area contributed by atoms with Gasteiger partial charge in [0, 0.05) is 10.6 Å². The third-order valence-electron chi connectivity index (χ3n) is 4.11. The fourth-order valence-corrected chi connectivity index (χ4v) is 4.50. The van der Waals surface area contributed by atoms with E-state index < -0.39 is 10.0 Å². The van der Waals surface area contributed by atoms with Gasteiger partial charge in [0.15, 0.2) is 0 Å². The summed E-state index contributed by atoms with van der Waals surface area (Å²) in [5, 5.41) is 4.85. The number of carbonyl (C=O) groups is 1. The van der Waals surface area contributed by atoms with Gasteiger partial charge in [-0.05, 0) is 41.6 Å². The first-order valence-electron chi connectivity index (χ1n) is 8.84. The lowest BCUT2D eigenvalue weighted by Gasteiger charge is -2.09. The molecule has 28 heavy (non-hydrogen) atoms. The van der Waals surface area contributed by atoms with Gasteiger partial charge < -0.3 is 5.32 Å². The second-order valence-corrected chi connectivity index (χ2v) is 9.33. The van der Waals surface area contributed by atoms with Crippen molar-refractivity contribution in [3.05, 3.63) is 87.6 Å². The van der Waals surface area contributed by atoms with Gasteiger partial charge in [-0.25, -0.2) is 8.42 Å². The van der Waals surface area contributed by atoms with E-state index in [0.717, 1.165) is 21.6 Å². The zero-order valence-electron chi connectivity index (χ0n) is 15.5. The Labute approximate surface area is 169 Å². The molecule has 0 saturated carbocycles. The van der Waals surface area contributed by atoms with Crippen LogP contribution in [0.1, 0.15) is 21.6 Å². The predicted octanol–water partition coefficient (Wildman–Crippen LogP) is 3.86. The molecule has 0 spiro atoms. The van der Waals surface area contributed by atoms with Gasteiger partial charge in [-0.15, -0.1) is 11.3 Å². The number of amides is 1. The van der Waals surface area contributed by atoms with E-state index in [9.17, 15) is 13.2 Å². The molecule has 1 heterocycles. The predicted molar refractivity (Wildman–Crippen MR) is 114 cm³/mol. The van der Waals surface area contributed by atoms with Gasteiger partial charge in [-0.3, -0.25) is 9.52 Å². The standard InChI is InChI=1S/C21H22N2O3S2/c1-16-4-6-18(7-5-16)15-28(25,26)23-19-10-8-17(9-11-19)13-21(24)22-14-20-3-2-12-27-20/h2-12,23H,13-15H2,1H3,(H,22,24). The quantitative estimate of drug-likeness (QED) is 0.588. The highest BCUT2D eigenvalue weighted by molar-refractivity contribution is 7.91. The van der Waals surface area contributed by atoms with Crippen LogP contribution in [0.15, 0.2) is 66.0 Å². The van der Waals surface area contributed by atoms with Gasteiger partial charge in [-0.1, -0.05) is 48.0 Å². The molecule has 3 rings (SSSR count). The first-order chi connectivity index (χ1) is 13.4. The molecule has 0 bridgehead atoms. The normalized spacial score (nSPS) is 11.2. The van der Waals surface area contributed by atoms with Crippen LogP contribution in [0.4, 0.5) is 5.69 Å². The molecule has 0 radical (unpaired) electrons. The monoisotopic (exact) mass is 414 g/mol. The molecule has 1 amide bonds. The number of aryl methyl sites for hydroxylation is 1. The summed E-state index contributed by atoms with van der Waals surface area (Å²) in [6.45, 7) is 2.48. The SMILES string of the molecule is Cc1ccc(CS(=O)(=O)Nc2ccc(CC(=O)NCc3cccs3)cc2)cc1. The fourth-order valence-electron chi connectivity index (χ4n) is 2.66. The maximum absolute atomic E-state index is 12.3. The molecular formula is C21H22N2O3S2. The maximum Gasteiger partial charge on any atom is 0.236 e. The lowest BCUT2D eigenvalue weighted by atomic mass is 10.1. The van der Waals surface area contributed by atoms with Crippen molar-refractivity contribution < 1.29 is 13.2 Å². The molecular weight excluding hydrogens is 392 g/mol. The highest BCUT2D eigenvalue weighted by Crippen LogP contribution is 2.15. The van der Waals surface area contributed by atoms with Crippen LogP contribution in [-0.4, -0.2) is 14.3 Å². The van der Waals surface area contributed by atoms with Crippen molar-refractivity contribution in [1.29, 1.82) is 0 Å². The second kappa shape index (κ2) is 9.03. The smallest absolute Gasteiger partial charge is 0.236 e. The molecule has 5 nitrogen and oxygen atoms in total. The van der Waals surface area contributed by atoms with Crippen molar-refractivity contribution in [3.63, 3.8) is 0 Å². The van der Waals surface area contributed by atoms with Gasteiger partial charge in [0.25, 0.3) is 0 Å². The van der Waals surface area contributed by atoms with Crippen molar-refractivity contribution >= 4 is 33.0 Å². The summed E-state index contributed by atoms with van der Waals surface area (Å²) >= 11 is 1.60. The van der Waals surface area contributed by atoms with Gasteiger partial charge >= 0.3 is 0 Å². The average Bonchev–Trinajstić information content (AvgIpc) is 3.17. The van der Waals surface area contributed by atoms with Crippen molar-refractivity contribution in [3.8, 4) is 0 Å². The molecule has 7 heteroatoms. The number of thiophene rings is 1. The van der Waals surface area contributed by atoms with Crippen LogP contribution in [0, 0.1) is 6.92 Å². The minimum atomic E-state index is -3.50. The summed E-state index contributed by atoms with van der Waals surface area (Å²) in [4.78, 5) is 13.1. The van der Waals surface area contributed by atoms with E-state index >= 15 is 0 Å². The zero-order valence-corrected chi connectivity index (χ0v) is 17.1. The molecule has 0 fully saturated rings. The highest BCUT2D eigenvalue weighted by Gasteiger charge is 2.12. The number of anilines is 1. The van der Waals surface area contributed by atoms with Gasteiger partial charge in [0.1, 0.15) is 0 Å². The van der Waals surface area contributed by atoms with Crippen LogP contribution in [0.25, 0.3) is 0 Å². The summed E-state index contributed by atoms with van der Waals surface area (Å²) < 4.78 is 27.3. The molecule has 3 aromatic rings. The molecule has 2 aromatic carbocycles. The Kier molecular flexibility index (Phi) is 6.49. The Morgan fingerprint density at radius 1 is 0.964 bits per heavy atom. The third-order valence-corrected chi connectivity index (χ3v) is 6.25. The van der Waals surface area contributed by atoms with Crippen molar-refractivity contribution in [1.82, 2.24) is 5.32 Å². The summed E-state index contributed by atoms with van der Waals surface area (Å²) in [5.41, 5.74) is 3.13. The first kappa shape index (κ1) is 20.1. The summed E-state index contributed by atoms with van der Waals surface area (Å²) in [5.74, 6) is -0.152. The van der Waals surface area contributed by atoms with E-state index in [1.54, 1.807) is 35.6 Å². The number of sulfonamides is 1. The molecule has 0 atom stereocenters. The van der Waals surface area contributed by atoms with Gasteiger partial charge in [-0.2, -0.15) is 0 Å². The number of nitrogens with one attached hydrogen (secondary N) is 2. The van der Waals surface area contributed by atoms with Crippen molar-refractivity contribution in [2.45, 2.75) is 25.6 Å². The van der Waals surface area contributed by atoms with E-state index in [2.05, 4.69) is 10.0 Å². The van der Waals surface area contributed by atoms with Gasteiger partial charge in [0.05, 0.1) is 18.7 Å². The van der Waals surface area contributed by atoms with Crippen molar-refractivity contribution in [2.24, 2.45) is 0 Å². The number of hydrogen-bond acceptors (Lipinski definition) is 4. The summed E-state index contributed by atoms with van der Waals surface area (Å²) in [7, 11) is -3.50. The molecule has 146 valence electrons. The van der Waals surface area contributed by atoms with Gasteiger partial charge in [0.2, 0.25) is 15.9 Å². The average molecular weight is 415 g/mol. The number of carbonyl (C=O) groups excluding carboxylic acids is 1. The Bertz CT molecular complexity index is 1010. The summed E-state index contributed by atoms with van der Waals surface area (Å²) in [6, 6.07) is 18.2. The molecule has 1 aromatic heterocycles. The first-order valence-corrected chi connectivity index (χ1v) is 11.4. The van der Waals surface area contributed by atoms with E-state index in [1.165, 1.54) is 0 Å². The van der Waals surface area contributed by atoms with E-state index in [-0.39, 0.29) is 18.1 Å². The van der Waals surface area contributed by atoms with Crippen LogP contribution in [0.5, 0.6) is 0 Å². The zero-order chi connectivity index (χ0) is 20.0. The van der Waals surface area contributed by atoms with E-state index in [0.29, 0.717) is 12.2 Å². The Morgan fingerprint density at radius 2 is 1.64 bits per heavy atom. The number of hydrogen-bond donors (Lipinski definition) is 2. The summed E-state index contributed by atoms with van der Waals surface area (Å²) in [6.07, 6.45) is 0.252. The molecule has 2 N–H and O–H groups in total. The van der Waals surface area contributed by atoms with E-state index in [1.807, 2.05) is 48.7 Å². The van der Waals surface area contributed by atoms with Crippen LogP contribution in [-0.2, 0) is 33.5 Å². The Morgan fingerprint density at radius 3 is 2.29 bits per heavy atom. The van der Waals surface area contributed by atoms with Crippen LogP contribution in [0.2, 0.25) is 0 Å². The highest BCUT2D eigenvalue weighted by atomic mass is 32.2. The molecule has 0 aliphatic rings. The fraction of sp³-hybridized carbons (Fsp3) is 0.190. The third kappa shape index (κ3) is 6.21.